The Kier molecular flexibility index (Phi) is 8.83. The van der Waals surface area contributed by atoms with E-state index in [1.165, 1.54) is 4.90 Å². The Morgan fingerprint density at radius 2 is 1.67 bits per heavy atom. The van der Waals surface area contributed by atoms with Gasteiger partial charge in [-0.3, -0.25) is 9.59 Å². The predicted molar refractivity (Wildman–Crippen MR) is 135 cm³/mol. The summed E-state index contributed by atoms with van der Waals surface area (Å²) in [5, 5.41) is 3.87. The molecule has 0 aromatic heterocycles. The maximum absolute atomic E-state index is 13.3. The average molecular weight is 493 g/mol. The zero-order chi connectivity index (χ0) is 25.0. The van der Waals surface area contributed by atoms with Crippen molar-refractivity contribution in [1.82, 2.24) is 10.2 Å². The molecule has 0 bridgehead atoms. The lowest BCUT2D eigenvalue weighted by Gasteiger charge is -2.32. The summed E-state index contributed by atoms with van der Waals surface area (Å²) in [7, 11) is 0. The molecule has 0 aliphatic carbocycles. The molecule has 0 aliphatic rings. The molecular formula is C26H34Cl2N2O3. The highest BCUT2D eigenvalue weighted by atomic mass is 35.5. The largest absolute Gasteiger partial charge is 0.483 e. The molecule has 1 unspecified atom stereocenters. The molecule has 2 aromatic carbocycles. The summed E-state index contributed by atoms with van der Waals surface area (Å²) in [5.74, 6) is 0.0759. The van der Waals surface area contributed by atoms with Crippen molar-refractivity contribution >= 4 is 35.0 Å². The number of para-hydroxylation sites is 1. The minimum atomic E-state index is -0.732. The van der Waals surface area contributed by atoms with Crippen molar-refractivity contribution in [3.8, 4) is 5.75 Å². The lowest BCUT2D eigenvalue weighted by Crippen LogP contribution is -2.53. The molecule has 2 rings (SSSR count). The van der Waals surface area contributed by atoms with Crippen LogP contribution in [0.4, 0.5) is 0 Å². The summed E-state index contributed by atoms with van der Waals surface area (Å²) in [6.07, 6.45) is 0. The normalized spacial score (nSPS) is 12.8. The molecule has 180 valence electrons. The van der Waals surface area contributed by atoms with Gasteiger partial charge in [0, 0.05) is 22.1 Å². The highest BCUT2D eigenvalue weighted by Gasteiger charge is 2.29. The van der Waals surface area contributed by atoms with Crippen LogP contribution < -0.4 is 10.1 Å². The third-order valence-electron chi connectivity index (χ3n) is 5.07. The van der Waals surface area contributed by atoms with E-state index in [9.17, 15) is 9.59 Å². The van der Waals surface area contributed by atoms with Gasteiger partial charge < -0.3 is 15.0 Å². The van der Waals surface area contributed by atoms with E-state index in [4.69, 9.17) is 27.9 Å². The number of benzene rings is 2. The molecule has 0 heterocycles. The Bertz CT molecular complexity index is 994. The number of carbonyl (C=O) groups excluding carboxylic acids is 2. The molecule has 0 spiro atoms. The summed E-state index contributed by atoms with van der Waals surface area (Å²) in [4.78, 5) is 27.7. The molecule has 2 aromatic rings. The van der Waals surface area contributed by atoms with Gasteiger partial charge in [-0.25, -0.2) is 0 Å². The van der Waals surface area contributed by atoms with Gasteiger partial charge in [0.15, 0.2) is 6.61 Å². The third-order valence-corrected chi connectivity index (χ3v) is 5.65. The first-order valence-corrected chi connectivity index (χ1v) is 11.7. The standard InChI is InChI=1S/C26H34Cl2N2O3/c1-17(24(32)29-26(5,6)7)30(15-18-12-13-19(27)14-21(18)28)23(31)16-33-22-11-9-8-10-20(22)25(2,3)4/h8-14,17H,15-16H2,1-7H3,(H,29,32). The van der Waals surface area contributed by atoms with Crippen molar-refractivity contribution in [2.24, 2.45) is 0 Å². The number of amides is 2. The molecule has 0 radical (unpaired) electrons. The fourth-order valence-corrected chi connectivity index (χ4v) is 3.79. The van der Waals surface area contributed by atoms with E-state index in [0.29, 0.717) is 21.4 Å². The number of nitrogens with zero attached hydrogens (tertiary/aromatic N) is 1. The van der Waals surface area contributed by atoms with Crippen LogP contribution in [0.5, 0.6) is 5.75 Å². The van der Waals surface area contributed by atoms with Crippen molar-refractivity contribution in [3.05, 3.63) is 63.6 Å². The number of ether oxygens (including phenoxy) is 1. The van der Waals surface area contributed by atoms with Gasteiger partial charge in [0.1, 0.15) is 11.8 Å². The lowest BCUT2D eigenvalue weighted by atomic mass is 9.86. The molecule has 1 atom stereocenters. The Labute approximate surface area is 207 Å². The maximum Gasteiger partial charge on any atom is 0.261 e. The second kappa shape index (κ2) is 10.8. The maximum atomic E-state index is 13.3. The molecular weight excluding hydrogens is 459 g/mol. The van der Waals surface area contributed by atoms with Crippen LogP contribution in [0.1, 0.15) is 59.6 Å². The Morgan fingerprint density at radius 3 is 2.24 bits per heavy atom. The van der Waals surface area contributed by atoms with Crippen LogP contribution in [0, 0.1) is 0 Å². The first-order valence-electron chi connectivity index (χ1n) is 11.0. The molecule has 5 nitrogen and oxygen atoms in total. The number of hydrogen-bond acceptors (Lipinski definition) is 3. The summed E-state index contributed by atoms with van der Waals surface area (Å²) in [6.45, 7) is 13.6. The van der Waals surface area contributed by atoms with E-state index in [0.717, 1.165) is 5.56 Å². The first-order chi connectivity index (χ1) is 15.2. The fraction of sp³-hybridized carbons (Fsp3) is 0.462. The van der Waals surface area contributed by atoms with Gasteiger partial charge in [-0.2, -0.15) is 0 Å². The Hall–Kier alpha value is -2.24. The highest BCUT2D eigenvalue weighted by Crippen LogP contribution is 2.31. The monoisotopic (exact) mass is 492 g/mol. The Morgan fingerprint density at radius 1 is 1.03 bits per heavy atom. The van der Waals surface area contributed by atoms with Crippen LogP contribution >= 0.6 is 23.2 Å². The van der Waals surface area contributed by atoms with Gasteiger partial charge >= 0.3 is 0 Å². The van der Waals surface area contributed by atoms with Crippen LogP contribution in [0.25, 0.3) is 0 Å². The second-order valence-corrected chi connectivity index (χ2v) is 11.1. The number of hydrogen-bond donors (Lipinski definition) is 1. The average Bonchev–Trinajstić information content (AvgIpc) is 2.69. The van der Waals surface area contributed by atoms with Gasteiger partial charge in [-0.1, -0.05) is 68.2 Å². The van der Waals surface area contributed by atoms with E-state index < -0.39 is 11.6 Å². The molecule has 7 heteroatoms. The Balaban J connectivity index is 2.29. The van der Waals surface area contributed by atoms with Crippen molar-refractivity contribution in [3.63, 3.8) is 0 Å². The lowest BCUT2D eigenvalue weighted by molar-refractivity contribution is -0.142. The third kappa shape index (κ3) is 7.94. The van der Waals surface area contributed by atoms with Crippen LogP contribution in [0.15, 0.2) is 42.5 Å². The zero-order valence-electron chi connectivity index (χ0n) is 20.5. The van der Waals surface area contributed by atoms with Crippen LogP contribution in [0.2, 0.25) is 10.0 Å². The van der Waals surface area contributed by atoms with Gasteiger partial charge in [0.25, 0.3) is 5.91 Å². The number of nitrogens with one attached hydrogen (secondary N) is 1. The smallest absolute Gasteiger partial charge is 0.261 e. The fourth-order valence-electron chi connectivity index (χ4n) is 3.32. The minimum Gasteiger partial charge on any atom is -0.483 e. The van der Waals surface area contributed by atoms with Crippen LogP contribution in [0.3, 0.4) is 0 Å². The van der Waals surface area contributed by atoms with Crippen molar-refractivity contribution in [2.75, 3.05) is 6.61 Å². The molecule has 0 fully saturated rings. The molecule has 0 saturated heterocycles. The van der Waals surface area contributed by atoms with E-state index in [2.05, 4.69) is 26.1 Å². The van der Waals surface area contributed by atoms with E-state index in [1.807, 2.05) is 45.0 Å². The van der Waals surface area contributed by atoms with Gasteiger partial charge in [-0.15, -0.1) is 0 Å². The molecule has 0 aliphatic heterocycles. The number of halogens is 2. The predicted octanol–water partition coefficient (Wildman–Crippen LogP) is 6.00. The minimum absolute atomic E-state index is 0.143. The second-order valence-electron chi connectivity index (χ2n) is 10.2. The molecule has 1 N–H and O–H groups in total. The van der Waals surface area contributed by atoms with E-state index in [1.54, 1.807) is 25.1 Å². The molecule has 2 amide bonds. The summed E-state index contributed by atoms with van der Waals surface area (Å²) in [5.41, 5.74) is 1.12. The van der Waals surface area contributed by atoms with Crippen LogP contribution in [-0.4, -0.2) is 34.9 Å². The molecule has 33 heavy (non-hydrogen) atoms. The highest BCUT2D eigenvalue weighted by molar-refractivity contribution is 6.35. The van der Waals surface area contributed by atoms with Gasteiger partial charge in [0.2, 0.25) is 5.91 Å². The van der Waals surface area contributed by atoms with Gasteiger partial charge in [0.05, 0.1) is 0 Å². The van der Waals surface area contributed by atoms with E-state index in [-0.39, 0.29) is 30.4 Å². The van der Waals surface area contributed by atoms with Crippen LogP contribution in [-0.2, 0) is 21.5 Å². The summed E-state index contributed by atoms with van der Waals surface area (Å²) in [6, 6.07) is 12.0. The van der Waals surface area contributed by atoms with Crippen molar-refractivity contribution in [2.45, 2.75) is 72.0 Å². The topological polar surface area (TPSA) is 58.6 Å². The summed E-state index contributed by atoms with van der Waals surface area (Å²) < 4.78 is 5.95. The van der Waals surface area contributed by atoms with E-state index >= 15 is 0 Å². The molecule has 0 saturated carbocycles. The van der Waals surface area contributed by atoms with Crippen molar-refractivity contribution < 1.29 is 14.3 Å². The number of carbonyl (C=O) groups is 2. The van der Waals surface area contributed by atoms with Gasteiger partial charge in [-0.05, 0) is 62.4 Å². The number of rotatable bonds is 7. The first kappa shape index (κ1) is 27.0. The quantitative estimate of drug-likeness (QED) is 0.515. The summed E-state index contributed by atoms with van der Waals surface area (Å²) >= 11 is 12.4. The zero-order valence-corrected chi connectivity index (χ0v) is 22.0. The van der Waals surface area contributed by atoms with Crippen molar-refractivity contribution in [1.29, 1.82) is 0 Å². The SMILES string of the molecule is CC(C(=O)NC(C)(C)C)N(Cc1ccc(Cl)cc1Cl)C(=O)COc1ccccc1C(C)(C)C.